The zero-order valence-electron chi connectivity index (χ0n) is 20.6. The normalized spacial score (nSPS) is 25.5. The van der Waals surface area contributed by atoms with Gasteiger partial charge in [0.15, 0.2) is 11.3 Å². The smallest absolute Gasteiger partial charge is 0.165 e. The van der Waals surface area contributed by atoms with Gasteiger partial charge in [0, 0.05) is 40.2 Å². The summed E-state index contributed by atoms with van der Waals surface area (Å²) in [6.07, 6.45) is 7.84. The second-order valence-corrected chi connectivity index (χ2v) is 11.5. The van der Waals surface area contributed by atoms with E-state index < -0.39 is 11.1 Å². The van der Waals surface area contributed by atoms with Crippen LogP contribution in [0, 0.1) is 5.92 Å². The summed E-state index contributed by atoms with van der Waals surface area (Å²) in [5.41, 5.74) is 13.7. The first kappa shape index (κ1) is 21.5. The zero-order chi connectivity index (χ0) is 24.8. The van der Waals surface area contributed by atoms with E-state index in [0.717, 1.165) is 63.2 Å². The van der Waals surface area contributed by atoms with Crippen LogP contribution in [0.1, 0.15) is 55.7 Å². The minimum atomic E-state index is -0.573. The molecule has 0 unspecified atom stereocenters. The van der Waals surface area contributed by atoms with Crippen molar-refractivity contribution in [2.24, 2.45) is 11.7 Å². The van der Waals surface area contributed by atoms with Crippen LogP contribution in [-0.2, 0) is 5.54 Å². The Labute approximate surface area is 215 Å². The molecule has 2 aromatic carbocycles. The minimum absolute atomic E-state index is 0.438. The van der Waals surface area contributed by atoms with Gasteiger partial charge in [-0.25, -0.2) is 9.97 Å². The first-order valence-electron chi connectivity index (χ1n) is 13.4. The number of hydrogen-bond donors (Lipinski definition) is 2. The third-order valence-electron chi connectivity index (χ3n) is 8.67. The maximum absolute atomic E-state index is 10.9. The van der Waals surface area contributed by atoms with Crippen molar-refractivity contribution in [3.05, 3.63) is 84.2 Å². The van der Waals surface area contributed by atoms with E-state index in [4.69, 9.17) is 15.8 Å². The van der Waals surface area contributed by atoms with Crippen LogP contribution in [-0.4, -0.2) is 30.3 Å². The van der Waals surface area contributed by atoms with Crippen LogP contribution in [0.5, 0.6) is 0 Å². The molecule has 0 saturated heterocycles. The summed E-state index contributed by atoms with van der Waals surface area (Å²) in [7, 11) is 0. The first-order valence-corrected chi connectivity index (χ1v) is 13.4. The maximum Gasteiger partial charge on any atom is 0.165 e. The Morgan fingerprint density at radius 3 is 2.35 bits per heavy atom. The second-order valence-electron chi connectivity index (χ2n) is 11.5. The molecule has 0 spiro atoms. The summed E-state index contributed by atoms with van der Waals surface area (Å²) in [5.74, 6) is 0.993. The number of nitrogens with two attached hydrogens (primary N) is 1. The van der Waals surface area contributed by atoms with Crippen molar-refractivity contribution in [3.63, 3.8) is 0 Å². The van der Waals surface area contributed by atoms with E-state index in [1.165, 1.54) is 12.8 Å². The van der Waals surface area contributed by atoms with E-state index in [9.17, 15) is 5.11 Å². The van der Waals surface area contributed by atoms with Crippen molar-refractivity contribution in [1.29, 1.82) is 0 Å². The summed E-state index contributed by atoms with van der Waals surface area (Å²) >= 11 is 0. The number of pyridine rings is 1. The molecule has 0 bridgehead atoms. The number of aliphatic hydroxyl groups is 1. The molecule has 37 heavy (non-hydrogen) atoms. The van der Waals surface area contributed by atoms with Gasteiger partial charge >= 0.3 is 0 Å². The third-order valence-corrected chi connectivity index (χ3v) is 8.67. The molecule has 3 aliphatic carbocycles. The van der Waals surface area contributed by atoms with Gasteiger partial charge in [0.1, 0.15) is 0 Å². The van der Waals surface area contributed by atoms with Crippen LogP contribution in [0.3, 0.4) is 0 Å². The van der Waals surface area contributed by atoms with Crippen LogP contribution >= 0.6 is 0 Å². The van der Waals surface area contributed by atoms with Crippen molar-refractivity contribution in [2.75, 3.05) is 0 Å². The highest BCUT2D eigenvalue weighted by Crippen LogP contribution is 2.57. The lowest BCUT2D eigenvalue weighted by atomic mass is 9.60. The molecule has 8 rings (SSSR count). The maximum atomic E-state index is 10.9. The monoisotopic (exact) mass is 487 g/mol. The highest BCUT2D eigenvalue weighted by atomic mass is 16.3. The van der Waals surface area contributed by atoms with Crippen molar-refractivity contribution >= 4 is 16.7 Å². The van der Waals surface area contributed by atoms with Crippen molar-refractivity contribution < 1.29 is 5.11 Å². The molecule has 3 heterocycles. The average Bonchev–Trinajstić information content (AvgIpc) is 3.84. The molecule has 0 radical (unpaired) electrons. The molecule has 184 valence electrons. The number of rotatable bonds is 5. The number of benzene rings is 2. The van der Waals surface area contributed by atoms with E-state index >= 15 is 0 Å². The van der Waals surface area contributed by atoms with Crippen LogP contribution in [0.25, 0.3) is 39.1 Å². The van der Waals surface area contributed by atoms with E-state index in [0.29, 0.717) is 24.7 Å². The van der Waals surface area contributed by atoms with Gasteiger partial charge in [-0.15, -0.1) is 0 Å². The summed E-state index contributed by atoms with van der Waals surface area (Å²) in [6.45, 7) is 0. The van der Waals surface area contributed by atoms with Gasteiger partial charge in [-0.2, -0.15) is 9.61 Å². The Kier molecular flexibility index (Phi) is 4.33. The summed E-state index contributed by atoms with van der Waals surface area (Å²) in [4.78, 5) is 9.90. The summed E-state index contributed by atoms with van der Waals surface area (Å²) in [5, 5.41) is 16.7. The molecule has 5 aromatic rings. The van der Waals surface area contributed by atoms with Crippen LogP contribution in [0.4, 0.5) is 0 Å². The topological polar surface area (TPSA) is 89.3 Å². The molecule has 0 aliphatic heterocycles. The number of fused-ring (bicyclic) bond motifs is 3. The Hall–Kier alpha value is -3.61. The van der Waals surface area contributed by atoms with Gasteiger partial charge in [-0.1, -0.05) is 54.6 Å². The van der Waals surface area contributed by atoms with Crippen LogP contribution in [0.2, 0.25) is 0 Å². The molecule has 6 heteroatoms. The van der Waals surface area contributed by atoms with E-state index in [-0.39, 0.29) is 0 Å². The molecule has 0 amide bonds. The Morgan fingerprint density at radius 2 is 1.65 bits per heavy atom. The van der Waals surface area contributed by atoms with Gasteiger partial charge < -0.3 is 10.8 Å². The predicted molar refractivity (Wildman–Crippen MR) is 144 cm³/mol. The highest BCUT2D eigenvalue weighted by Gasteiger charge is 2.58. The van der Waals surface area contributed by atoms with Crippen LogP contribution in [0.15, 0.2) is 72.9 Å². The van der Waals surface area contributed by atoms with E-state index in [1.807, 2.05) is 16.8 Å². The molecule has 3 N–H and O–H groups in total. The van der Waals surface area contributed by atoms with Crippen molar-refractivity contribution in [3.8, 4) is 22.4 Å². The summed E-state index contributed by atoms with van der Waals surface area (Å²) in [6, 6.07) is 23.1. The molecule has 3 aromatic heterocycles. The van der Waals surface area contributed by atoms with Gasteiger partial charge in [0.25, 0.3) is 0 Å². The molecule has 0 atom stereocenters. The fourth-order valence-corrected chi connectivity index (χ4v) is 6.31. The SMILES string of the molecule is N[C@]1(c2ccc(-c3nc4c(cnc5cc(C6CC6)nn54)cc3-c3ccccc3)cc2)C[C@@](O)(C2CC2)C1. The molecule has 3 aliphatic rings. The quantitative estimate of drug-likeness (QED) is 0.338. The van der Waals surface area contributed by atoms with Gasteiger partial charge in [-0.05, 0) is 61.6 Å². The second kappa shape index (κ2) is 7.46. The van der Waals surface area contributed by atoms with Gasteiger partial charge in [0.05, 0.1) is 17.0 Å². The molecule has 3 saturated carbocycles. The third kappa shape index (κ3) is 3.43. The standard InChI is InChI=1S/C31H29N5O/c32-30(17-31(37,18-30)24-12-13-24)23-10-8-21(9-11-23)28-25(19-4-2-1-3-5-19)14-22-16-33-27-15-26(20-6-7-20)35-36(27)29(22)34-28/h1-5,8-11,14-16,20,24,37H,6-7,12-13,17-18,32H2/t30-,31+. The summed E-state index contributed by atoms with van der Waals surface area (Å²) < 4.78 is 1.90. The van der Waals surface area contributed by atoms with Crippen LogP contribution < -0.4 is 5.73 Å². The first-order chi connectivity index (χ1) is 18.0. The Bertz CT molecular complexity index is 1660. The Morgan fingerprint density at radius 1 is 0.892 bits per heavy atom. The zero-order valence-corrected chi connectivity index (χ0v) is 20.6. The lowest BCUT2D eigenvalue weighted by Gasteiger charge is -2.52. The minimum Gasteiger partial charge on any atom is -0.389 e. The van der Waals surface area contributed by atoms with Crippen molar-refractivity contribution in [1.82, 2.24) is 19.6 Å². The molecular formula is C31H29N5O. The highest BCUT2D eigenvalue weighted by molar-refractivity contribution is 5.90. The number of hydrogen-bond acceptors (Lipinski definition) is 5. The fraction of sp³-hybridized carbons (Fsp3) is 0.323. The fourth-order valence-electron chi connectivity index (χ4n) is 6.31. The lowest BCUT2D eigenvalue weighted by Crippen LogP contribution is -2.60. The van der Waals surface area contributed by atoms with E-state index in [2.05, 4.69) is 65.6 Å². The lowest BCUT2D eigenvalue weighted by molar-refractivity contribution is -0.106. The van der Waals surface area contributed by atoms with E-state index in [1.54, 1.807) is 0 Å². The molecular weight excluding hydrogens is 458 g/mol. The van der Waals surface area contributed by atoms with Crippen molar-refractivity contribution in [2.45, 2.75) is 55.6 Å². The molecule has 6 nitrogen and oxygen atoms in total. The number of nitrogens with zero attached hydrogens (tertiary/aromatic N) is 4. The Balaban J connectivity index is 1.24. The number of aromatic nitrogens is 4. The van der Waals surface area contributed by atoms with Gasteiger partial charge in [-0.3, -0.25) is 0 Å². The van der Waals surface area contributed by atoms with Gasteiger partial charge in [0.2, 0.25) is 0 Å². The molecule has 3 fully saturated rings. The predicted octanol–water partition coefficient (Wildman–Crippen LogP) is 5.58. The average molecular weight is 488 g/mol. The largest absolute Gasteiger partial charge is 0.389 e.